The highest BCUT2D eigenvalue weighted by molar-refractivity contribution is 6.27. The second kappa shape index (κ2) is 14.9. The number of piperidine rings is 1. The van der Waals surface area contributed by atoms with Crippen LogP contribution in [-0.4, -0.2) is 59.7 Å². The molecule has 1 amide bonds. The normalized spacial score (nSPS) is 14.8. The number of amides is 1. The number of rotatable bonds is 9. The van der Waals surface area contributed by atoms with E-state index in [1.165, 1.54) is 17.7 Å². The third kappa shape index (κ3) is 10.2. The van der Waals surface area contributed by atoms with Crippen molar-refractivity contribution >= 4 is 17.8 Å². The fourth-order valence-electron chi connectivity index (χ4n) is 4.40. The van der Waals surface area contributed by atoms with Crippen LogP contribution >= 0.6 is 0 Å². The van der Waals surface area contributed by atoms with E-state index in [-0.39, 0.29) is 23.7 Å². The molecule has 3 N–H and O–H groups in total. The molecule has 1 saturated heterocycles. The Morgan fingerprint density at radius 3 is 2.16 bits per heavy atom. The topological polar surface area (TPSA) is 116 Å². The number of carboxylic acid groups (broad SMARTS) is 2. The number of nitrogens with one attached hydrogen (secondary N) is 1. The summed E-state index contributed by atoms with van der Waals surface area (Å²) in [6.45, 7) is 7.22. The number of likely N-dealkylation sites (tertiary alicyclic amines) is 1. The van der Waals surface area contributed by atoms with Crippen molar-refractivity contribution < 1.29 is 33.7 Å². The van der Waals surface area contributed by atoms with E-state index in [9.17, 15) is 9.18 Å². The molecule has 0 bridgehead atoms. The van der Waals surface area contributed by atoms with Crippen LogP contribution in [0.3, 0.4) is 0 Å². The van der Waals surface area contributed by atoms with Crippen LogP contribution in [0.4, 0.5) is 4.39 Å². The van der Waals surface area contributed by atoms with Crippen molar-refractivity contribution in [3.8, 4) is 5.75 Å². The maximum absolute atomic E-state index is 13.2. The van der Waals surface area contributed by atoms with E-state index in [1.54, 1.807) is 19.2 Å². The molecular formula is C28H37FN2O6. The summed E-state index contributed by atoms with van der Waals surface area (Å²) in [7, 11) is 1.72. The average molecular weight is 517 g/mol. The molecule has 8 nitrogen and oxygen atoms in total. The number of carbonyl (C=O) groups excluding carboxylic acids is 1. The Labute approximate surface area is 217 Å². The summed E-state index contributed by atoms with van der Waals surface area (Å²) in [5.41, 5.74) is 2.20. The van der Waals surface area contributed by atoms with Crippen molar-refractivity contribution in [3.63, 3.8) is 0 Å². The molecule has 2 aromatic carbocycles. The summed E-state index contributed by atoms with van der Waals surface area (Å²) in [5.74, 6) is -2.19. The van der Waals surface area contributed by atoms with E-state index in [4.69, 9.17) is 24.5 Å². The Bertz CT molecular complexity index is 1010. The first-order chi connectivity index (χ1) is 17.6. The van der Waals surface area contributed by atoms with Crippen molar-refractivity contribution in [2.24, 2.45) is 11.8 Å². The molecule has 0 spiro atoms. The van der Waals surface area contributed by atoms with Crippen molar-refractivity contribution in [1.82, 2.24) is 10.2 Å². The van der Waals surface area contributed by atoms with Crippen LogP contribution in [0.15, 0.2) is 48.5 Å². The van der Waals surface area contributed by atoms with E-state index in [1.807, 2.05) is 12.1 Å². The molecule has 9 heteroatoms. The summed E-state index contributed by atoms with van der Waals surface area (Å²) in [4.78, 5) is 33.4. The van der Waals surface area contributed by atoms with Crippen LogP contribution in [0.5, 0.6) is 5.75 Å². The van der Waals surface area contributed by atoms with Crippen LogP contribution in [0.2, 0.25) is 0 Å². The summed E-state index contributed by atoms with van der Waals surface area (Å²) in [6.07, 6.45) is 3.62. The first-order valence-corrected chi connectivity index (χ1v) is 12.5. The minimum atomic E-state index is -1.82. The first kappa shape index (κ1) is 29.8. The lowest BCUT2D eigenvalue weighted by molar-refractivity contribution is -0.159. The van der Waals surface area contributed by atoms with Gasteiger partial charge in [0.15, 0.2) is 0 Å². The van der Waals surface area contributed by atoms with Gasteiger partial charge in [0.25, 0.3) is 0 Å². The van der Waals surface area contributed by atoms with Gasteiger partial charge in [0, 0.05) is 13.0 Å². The van der Waals surface area contributed by atoms with Gasteiger partial charge in [0.05, 0.1) is 13.2 Å². The van der Waals surface area contributed by atoms with E-state index < -0.39 is 11.9 Å². The Morgan fingerprint density at radius 1 is 1.03 bits per heavy atom. The molecule has 37 heavy (non-hydrogen) atoms. The quantitative estimate of drug-likeness (QED) is 0.429. The van der Waals surface area contributed by atoms with Gasteiger partial charge in [-0.3, -0.25) is 4.79 Å². The van der Waals surface area contributed by atoms with Gasteiger partial charge in [-0.05, 0) is 73.5 Å². The molecule has 1 aliphatic heterocycles. The Kier molecular flexibility index (Phi) is 12.0. The number of aliphatic carboxylic acids is 2. The molecule has 0 aromatic heterocycles. The lowest BCUT2D eigenvalue weighted by Crippen LogP contribution is -2.38. The average Bonchev–Trinajstić information content (AvgIpc) is 2.88. The summed E-state index contributed by atoms with van der Waals surface area (Å²) in [6, 6.07) is 14.5. The van der Waals surface area contributed by atoms with Gasteiger partial charge < -0.3 is 25.2 Å². The van der Waals surface area contributed by atoms with Crippen LogP contribution in [-0.2, 0) is 20.8 Å². The molecule has 0 radical (unpaired) electrons. The molecule has 0 unspecified atom stereocenters. The number of carboxylic acids is 2. The van der Waals surface area contributed by atoms with Gasteiger partial charge in [0.2, 0.25) is 5.91 Å². The smallest absolute Gasteiger partial charge is 0.414 e. The number of nitrogens with zero attached hydrogens (tertiary/aromatic N) is 1. The second-order valence-corrected chi connectivity index (χ2v) is 9.50. The summed E-state index contributed by atoms with van der Waals surface area (Å²) in [5, 5.41) is 18.0. The number of hydrogen-bond donors (Lipinski definition) is 3. The van der Waals surface area contributed by atoms with E-state index in [0.717, 1.165) is 50.2 Å². The number of methoxy groups -OCH3 is 1. The Balaban J connectivity index is 0.000000717. The van der Waals surface area contributed by atoms with Crippen molar-refractivity contribution in [2.45, 2.75) is 45.6 Å². The number of carbonyl (C=O) groups is 3. The monoisotopic (exact) mass is 516 g/mol. The zero-order valence-corrected chi connectivity index (χ0v) is 21.7. The zero-order valence-electron chi connectivity index (χ0n) is 21.7. The lowest BCUT2D eigenvalue weighted by atomic mass is 9.91. The Morgan fingerprint density at radius 2 is 1.62 bits per heavy atom. The zero-order chi connectivity index (χ0) is 27.4. The van der Waals surface area contributed by atoms with Crippen LogP contribution in [0.1, 0.15) is 50.3 Å². The van der Waals surface area contributed by atoms with E-state index >= 15 is 0 Å². The van der Waals surface area contributed by atoms with Crippen molar-refractivity contribution in [3.05, 3.63) is 65.5 Å². The molecule has 2 aromatic rings. The largest absolute Gasteiger partial charge is 0.496 e. The maximum Gasteiger partial charge on any atom is 0.414 e. The molecule has 3 rings (SSSR count). The van der Waals surface area contributed by atoms with E-state index in [2.05, 4.69) is 36.2 Å². The van der Waals surface area contributed by atoms with Gasteiger partial charge >= 0.3 is 11.9 Å². The highest BCUT2D eigenvalue weighted by Crippen LogP contribution is 2.25. The van der Waals surface area contributed by atoms with Gasteiger partial charge in [-0.25, -0.2) is 14.0 Å². The maximum atomic E-state index is 13.2. The second-order valence-electron chi connectivity index (χ2n) is 9.50. The summed E-state index contributed by atoms with van der Waals surface area (Å²) < 4.78 is 18.7. The molecule has 1 heterocycles. The molecule has 0 aliphatic carbocycles. The van der Waals surface area contributed by atoms with Crippen LogP contribution in [0.25, 0.3) is 0 Å². The lowest BCUT2D eigenvalue weighted by Gasteiger charge is -2.32. The number of para-hydroxylation sites is 1. The number of hydrogen-bond acceptors (Lipinski definition) is 5. The van der Waals surface area contributed by atoms with Crippen molar-refractivity contribution in [2.75, 3.05) is 26.7 Å². The number of halogens is 1. The fraction of sp³-hybridized carbons (Fsp3) is 0.464. The minimum absolute atomic E-state index is 0.0889. The standard InChI is InChI=1S/C26H35FN2O2.C2H2O4/c1-19(2)26(22-8-10-23(27)11-9-22)28-25(30)18-20-12-15-29(16-13-20)17-14-21-6-4-5-7-24(21)31-3;3-1(4)2(5)6/h4-11,19-20,26H,12-18H2,1-3H3,(H,28,30);(H,3,4)(H,5,6)/t26-;/m1./s1. The number of ether oxygens (including phenoxy) is 1. The van der Waals surface area contributed by atoms with Crippen LogP contribution in [0, 0.1) is 17.7 Å². The molecule has 1 atom stereocenters. The third-order valence-electron chi connectivity index (χ3n) is 6.47. The molecular weight excluding hydrogens is 479 g/mol. The molecule has 0 saturated carbocycles. The minimum Gasteiger partial charge on any atom is -0.496 e. The Hall–Kier alpha value is -3.46. The van der Waals surface area contributed by atoms with Crippen LogP contribution < -0.4 is 10.1 Å². The highest BCUT2D eigenvalue weighted by atomic mass is 19.1. The van der Waals surface area contributed by atoms with Gasteiger partial charge in [-0.2, -0.15) is 0 Å². The molecule has 202 valence electrons. The summed E-state index contributed by atoms with van der Waals surface area (Å²) >= 11 is 0. The predicted octanol–water partition coefficient (Wildman–Crippen LogP) is 4.15. The first-order valence-electron chi connectivity index (χ1n) is 12.5. The van der Waals surface area contributed by atoms with Gasteiger partial charge in [-0.1, -0.05) is 44.2 Å². The molecule has 1 aliphatic rings. The van der Waals surface area contributed by atoms with Gasteiger partial charge in [-0.15, -0.1) is 0 Å². The van der Waals surface area contributed by atoms with Gasteiger partial charge in [0.1, 0.15) is 11.6 Å². The SMILES string of the molecule is COc1ccccc1CCN1CCC(CC(=O)N[C@@H](c2ccc(F)cc2)C(C)C)CC1.O=C(O)C(=O)O. The molecule has 1 fully saturated rings. The number of benzene rings is 2. The highest BCUT2D eigenvalue weighted by Gasteiger charge is 2.24. The van der Waals surface area contributed by atoms with E-state index in [0.29, 0.717) is 12.3 Å². The predicted molar refractivity (Wildman–Crippen MR) is 138 cm³/mol. The fourth-order valence-corrected chi connectivity index (χ4v) is 4.40. The third-order valence-corrected chi connectivity index (χ3v) is 6.47. The van der Waals surface area contributed by atoms with Crippen molar-refractivity contribution in [1.29, 1.82) is 0 Å².